The Kier molecular flexibility index (Phi) is 5.62. The maximum absolute atomic E-state index is 14.0. The lowest BCUT2D eigenvalue weighted by Gasteiger charge is -2.25. The first-order chi connectivity index (χ1) is 12.7. The van der Waals surface area contributed by atoms with E-state index in [0.29, 0.717) is 19.5 Å². The van der Waals surface area contributed by atoms with E-state index in [1.165, 1.54) is 12.1 Å². The maximum atomic E-state index is 14.0. The molecule has 1 aromatic carbocycles. The molecule has 6 nitrogen and oxygen atoms in total. The number of benzene rings is 1. The molecule has 3 rings (SSSR count). The lowest BCUT2D eigenvalue weighted by atomic mass is 10.1. The smallest absolute Gasteiger partial charge is 0.237 e. The van der Waals surface area contributed by atoms with Crippen molar-refractivity contribution >= 4 is 5.91 Å². The van der Waals surface area contributed by atoms with Crippen LogP contribution in [0.1, 0.15) is 37.2 Å². The molecule has 7 heteroatoms. The van der Waals surface area contributed by atoms with Crippen molar-refractivity contribution in [1.82, 2.24) is 20.0 Å². The van der Waals surface area contributed by atoms with Crippen LogP contribution in [0.25, 0.3) is 5.69 Å². The second kappa shape index (κ2) is 7.78. The third-order valence-corrected chi connectivity index (χ3v) is 4.82. The minimum Gasteiger partial charge on any atom is -0.353 e. The van der Waals surface area contributed by atoms with Gasteiger partial charge in [0.15, 0.2) is 0 Å². The molecule has 2 atom stereocenters. The highest BCUT2D eigenvalue weighted by atomic mass is 19.1. The number of aromatic nitrogens is 2. The fraction of sp³-hybridized carbons (Fsp3) is 0.500. The van der Waals surface area contributed by atoms with Crippen molar-refractivity contribution in [3.8, 4) is 5.69 Å². The van der Waals surface area contributed by atoms with Crippen LogP contribution in [0.15, 0.2) is 24.3 Å². The third-order valence-electron chi connectivity index (χ3n) is 4.82. The first-order valence-corrected chi connectivity index (χ1v) is 9.36. The molecule has 0 bridgehead atoms. The molecule has 1 amide bonds. The largest absolute Gasteiger partial charge is 0.353 e. The molecule has 0 unspecified atom stereocenters. The molecule has 1 fully saturated rings. The van der Waals surface area contributed by atoms with Gasteiger partial charge >= 0.3 is 0 Å². The zero-order valence-electron chi connectivity index (χ0n) is 16.4. The second-order valence-electron chi connectivity index (χ2n) is 7.72. The Balaban J connectivity index is 1.91. The maximum Gasteiger partial charge on any atom is 0.237 e. The van der Waals surface area contributed by atoms with Crippen molar-refractivity contribution in [1.29, 1.82) is 0 Å². The van der Waals surface area contributed by atoms with Crippen LogP contribution >= 0.6 is 0 Å². The van der Waals surface area contributed by atoms with Gasteiger partial charge in [-0.25, -0.2) is 9.07 Å². The Morgan fingerprint density at radius 1 is 1.37 bits per heavy atom. The highest BCUT2D eigenvalue weighted by Gasteiger charge is 2.35. The van der Waals surface area contributed by atoms with Crippen LogP contribution in [0.5, 0.6) is 0 Å². The Hall–Kier alpha value is -2.25. The number of nitrogens with zero attached hydrogens (tertiary/aromatic N) is 3. The van der Waals surface area contributed by atoms with Gasteiger partial charge in [0.2, 0.25) is 5.91 Å². The van der Waals surface area contributed by atoms with E-state index < -0.39 is 0 Å². The van der Waals surface area contributed by atoms with Crippen LogP contribution in [0.3, 0.4) is 0 Å². The summed E-state index contributed by atoms with van der Waals surface area (Å²) < 4.78 is 15.8. The Morgan fingerprint density at radius 3 is 2.74 bits per heavy atom. The molecule has 0 spiro atoms. The Morgan fingerprint density at radius 2 is 2.11 bits per heavy atom. The predicted molar refractivity (Wildman–Crippen MR) is 103 cm³/mol. The van der Waals surface area contributed by atoms with Gasteiger partial charge in [-0.1, -0.05) is 0 Å². The number of hydrogen-bond donors (Lipinski definition) is 2. The molecule has 2 aromatic rings. The van der Waals surface area contributed by atoms with Gasteiger partial charge in [0.1, 0.15) is 5.82 Å². The van der Waals surface area contributed by atoms with Crippen molar-refractivity contribution in [3.05, 3.63) is 47.0 Å². The molecule has 3 N–H and O–H groups in total. The normalized spacial score (nSPS) is 20.4. The number of halogens is 1. The molecule has 1 aliphatic heterocycles. The van der Waals surface area contributed by atoms with Gasteiger partial charge in [-0.2, -0.15) is 5.10 Å². The number of nitrogens with two attached hydrogens (primary N) is 1. The van der Waals surface area contributed by atoms with E-state index in [4.69, 9.17) is 5.73 Å². The van der Waals surface area contributed by atoms with E-state index in [0.717, 1.165) is 22.6 Å². The number of aryl methyl sites for hydroxylation is 2. The number of carbonyl (C=O) groups is 1. The Labute approximate surface area is 159 Å². The molecule has 1 aliphatic rings. The number of amides is 1. The minimum absolute atomic E-state index is 0.0259. The summed E-state index contributed by atoms with van der Waals surface area (Å²) in [5.74, 6) is -0.330. The van der Waals surface area contributed by atoms with Gasteiger partial charge in [-0.15, -0.1) is 0 Å². The predicted octanol–water partition coefficient (Wildman–Crippen LogP) is 2.05. The van der Waals surface area contributed by atoms with E-state index in [9.17, 15) is 9.18 Å². The lowest BCUT2D eigenvalue weighted by Crippen LogP contribution is -2.45. The summed E-state index contributed by atoms with van der Waals surface area (Å²) in [6.07, 6.45) is 0.600. The average molecular weight is 373 g/mol. The highest BCUT2D eigenvalue weighted by Crippen LogP contribution is 2.25. The highest BCUT2D eigenvalue weighted by molar-refractivity contribution is 5.82. The Bertz CT molecular complexity index is 832. The zero-order valence-corrected chi connectivity index (χ0v) is 16.4. The number of carbonyl (C=O) groups excluding carboxylic acids is 1. The first kappa shape index (κ1) is 19.5. The quantitative estimate of drug-likeness (QED) is 0.841. The van der Waals surface area contributed by atoms with Crippen LogP contribution in [0, 0.1) is 19.7 Å². The molecule has 27 heavy (non-hydrogen) atoms. The van der Waals surface area contributed by atoms with Crippen molar-refractivity contribution < 1.29 is 9.18 Å². The summed E-state index contributed by atoms with van der Waals surface area (Å²) in [5.41, 5.74) is 9.63. The molecular formula is C20H28FN5O. The van der Waals surface area contributed by atoms with Crippen LogP contribution < -0.4 is 11.1 Å². The molecule has 2 heterocycles. The number of nitrogens with one attached hydrogen (secondary N) is 1. The molecule has 0 saturated carbocycles. The van der Waals surface area contributed by atoms with Gasteiger partial charge in [0, 0.05) is 30.9 Å². The summed E-state index contributed by atoms with van der Waals surface area (Å²) in [7, 11) is 0. The summed E-state index contributed by atoms with van der Waals surface area (Å²) in [6, 6.07) is 6.37. The second-order valence-corrected chi connectivity index (χ2v) is 7.72. The van der Waals surface area contributed by atoms with Crippen LogP contribution in [-0.2, 0) is 11.3 Å². The molecular weight excluding hydrogens is 345 g/mol. The van der Waals surface area contributed by atoms with Gasteiger partial charge in [0.25, 0.3) is 0 Å². The number of likely N-dealkylation sites (tertiary alicyclic amines) is 1. The van der Waals surface area contributed by atoms with E-state index >= 15 is 0 Å². The zero-order chi connectivity index (χ0) is 19.7. The van der Waals surface area contributed by atoms with E-state index in [2.05, 4.69) is 10.4 Å². The lowest BCUT2D eigenvalue weighted by molar-refractivity contribution is -0.126. The van der Waals surface area contributed by atoms with Crippen LogP contribution in [0.2, 0.25) is 0 Å². The topological polar surface area (TPSA) is 76.2 Å². The van der Waals surface area contributed by atoms with Crippen molar-refractivity contribution in [3.63, 3.8) is 0 Å². The van der Waals surface area contributed by atoms with Gasteiger partial charge < -0.3 is 11.1 Å². The van der Waals surface area contributed by atoms with Gasteiger partial charge in [-0.05, 0) is 63.9 Å². The third kappa shape index (κ3) is 4.36. The molecule has 146 valence electrons. The van der Waals surface area contributed by atoms with E-state index in [1.54, 1.807) is 6.07 Å². The monoisotopic (exact) mass is 373 g/mol. The first-order valence-electron chi connectivity index (χ1n) is 9.36. The summed E-state index contributed by atoms with van der Waals surface area (Å²) >= 11 is 0. The van der Waals surface area contributed by atoms with Crippen LogP contribution in [0.4, 0.5) is 4.39 Å². The SMILES string of the molecule is Cc1cc(C)n(-c2ccc(F)cc2CN2C[C@H](N)C[C@H]2C(=O)NC(C)C)n1. The van der Waals surface area contributed by atoms with Crippen molar-refractivity contribution in [2.24, 2.45) is 5.73 Å². The number of hydrogen-bond acceptors (Lipinski definition) is 4. The fourth-order valence-electron chi connectivity index (χ4n) is 3.75. The molecule has 1 aromatic heterocycles. The minimum atomic E-state index is -0.307. The van der Waals surface area contributed by atoms with Crippen molar-refractivity contribution in [2.75, 3.05) is 6.54 Å². The fourth-order valence-corrected chi connectivity index (χ4v) is 3.75. The standard InChI is InChI=1S/C20H28FN5O/c1-12(2)23-20(27)19-9-17(22)11-25(19)10-15-8-16(21)5-6-18(15)26-14(4)7-13(3)24-26/h5-8,12,17,19H,9-11,22H2,1-4H3,(H,23,27)/t17-,19+/m1/s1. The average Bonchev–Trinajstić information content (AvgIpc) is 3.09. The molecule has 0 radical (unpaired) electrons. The van der Waals surface area contributed by atoms with Gasteiger partial charge in [0.05, 0.1) is 17.4 Å². The molecule has 1 saturated heterocycles. The molecule has 0 aliphatic carbocycles. The number of rotatable bonds is 5. The summed E-state index contributed by atoms with van der Waals surface area (Å²) in [4.78, 5) is 14.6. The van der Waals surface area contributed by atoms with Gasteiger partial charge in [-0.3, -0.25) is 9.69 Å². The van der Waals surface area contributed by atoms with Crippen LogP contribution in [-0.4, -0.2) is 45.3 Å². The summed E-state index contributed by atoms with van der Waals surface area (Å²) in [6.45, 7) is 8.81. The summed E-state index contributed by atoms with van der Waals surface area (Å²) in [5, 5.41) is 7.49. The van der Waals surface area contributed by atoms with Crippen molar-refractivity contribution in [2.45, 2.75) is 58.8 Å². The van der Waals surface area contributed by atoms with E-state index in [-0.39, 0.29) is 29.8 Å². The van der Waals surface area contributed by atoms with E-state index in [1.807, 2.05) is 43.3 Å².